The van der Waals surface area contributed by atoms with Gasteiger partial charge in [0.1, 0.15) is 0 Å². The standard InChI is InChI=1S/C17H23NO2/c1-12-5-6-14(9-15(12)13-10-20-11-13)17(16(18)19)7-3-2-4-8-17/h5-6,9,13H,2-4,7-8,10-11H2,1H3,(H2,18,19). The first-order valence-corrected chi connectivity index (χ1v) is 7.62. The number of benzene rings is 1. The summed E-state index contributed by atoms with van der Waals surface area (Å²) in [5.74, 6) is 0.334. The number of nitrogens with two attached hydrogens (primary N) is 1. The molecule has 0 atom stereocenters. The summed E-state index contributed by atoms with van der Waals surface area (Å²) in [6, 6.07) is 6.47. The maximum Gasteiger partial charge on any atom is 0.228 e. The molecule has 1 aromatic carbocycles. The predicted octanol–water partition coefficient (Wildman–Crippen LogP) is 2.80. The largest absolute Gasteiger partial charge is 0.380 e. The number of carbonyl (C=O) groups excluding carboxylic acids is 1. The number of ether oxygens (including phenoxy) is 1. The van der Waals surface area contributed by atoms with Gasteiger partial charge >= 0.3 is 0 Å². The van der Waals surface area contributed by atoms with E-state index in [1.807, 2.05) is 0 Å². The van der Waals surface area contributed by atoms with E-state index < -0.39 is 5.41 Å². The molecule has 1 saturated heterocycles. The Morgan fingerprint density at radius 3 is 2.50 bits per heavy atom. The van der Waals surface area contributed by atoms with E-state index in [9.17, 15) is 4.79 Å². The molecule has 108 valence electrons. The minimum Gasteiger partial charge on any atom is -0.380 e. The van der Waals surface area contributed by atoms with E-state index in [1.54, 1.807) is 0 Å². The molecule has 0 spiro atoms. The molecule has 2 aliphatic rings. The van der Waals surface area contributed by atoms with Crippen molar-refractivity contribution in [3.8, 4) is 0 Å². The Kier molecular flexibility index (Phi) is 3.55. The number of rotatable bonds is 3. The number of primary amides is 1. The minimum atomic E-state index is -0.439. The smallest absolute Gasteiger partial charge is 0.228 e. The van der Waals surface area contributed by atoms with Crippen molar-refractivity contribution >= 4 is 5.91 Å². The quantitative estimate of drug-likeness (QED) is 0.920. The van der Waals surface area contributed by atoms with E-state index in [4.69, 9.17) is 10.5 Å². The van der Waals surface area contributed by atoms with Gasteiger partial charge in [0, 0.05) is 5.92 Å². The van der Waals surface area contributed by atoms with Crippen molar-refractivity contribution in [1.82, 2.24) is 0 Å². The van der Waals surface area contributed by atoms with E-state index >= 15 is 0 Å². The van der Waals surface area contributed by atoms with Crippen LogP contribution in [0.1, 0.15) is 54.7 Å². The Balaban J connectivity index is 2.00. The van der Waals surface area contributed by atoms with Gasteiger partial charge < -0.3 is 10.5 Å². The number of aryl methyl sites for hydroxylation is 1. The summed E-state index contributed by atoms with van der Waals surface area (Å²) >= 11 is 0. The van der Waals surface area contributed by atoms with Gasteiger partial charge in [0.05, 0.1) is 18.6 Å². The molecule has 0 unspecified atom stereocenters. The molecule has 0 bridgehead atoms. The van der Waals surface area contributed by atoms with Crippen LogP contribution in [-0.2, 0) is 14.9 Å². The normalized spacial score (nSPS) is 22.2. The van der Waals surface area contributed by atoms with Crippen molar-refractivity contribution in [2.75, 3.05) is 13.2 Å². The lowest BCUT2D eigenvalue weighted by atomic mass is 9.68. The van der Waals surface area contributed by atoms with Gasteiger partial charge in [0.15, 0.2) is 0 Å². The van der Waals surface area contributed by atoms with E-state index in [0.717, 1.165) is 44.5 Å². The fourth-order valence-electron chi connectivity index (χ4n) is 3.63. The summed E-state index contributed by atoms with van der Waals surface area (Å²) in [6.45, 7) is 3.73. The molecule has 3 nitrogen and oxygen atoms in total. The first-order valence-electron chi connectivity index (χ1n) is 7.62. The second kappa shape index (κ2) is 5.21. The third kappa shape index (κ3) is 2.14. The van der Waals surface area contributed by atoms with Crippen LogP contribution in [0.25, 0.3) is 0 Å². The second-order valence-electron chi connectivity index (χ2n) is 6.31. The molecular weight excluding hydrogens is 250 g/mol. The number of carbonyl (C=O) groups is 1. The van der Waals surface area contributed by atoms with Crippen molar-refractivity contribution in [2.24, 2.45) is 5.73 Å². The maximum absolute atomic E-state index is 12.1. The molecule has 0 radical (unpaired) electrons. The Morgan fingerprint density at radius 2 is 1.95 bits per heavy atom. The van der Waals surface area contributed by atoms with Gasteiger partial charge in [-0.15, -0.1) is 0 Å². The molecule has 3 heteroatoms. The van der Waals surface area contributed by atoms with E-state index in [1.165, 1.54) is 17.5 Å². The van der Waals surface area contributed by atoms with Crippen LogP contribution in [0.4, 0.5) is 0 Å². The van der Waals surface area contributed by atoms with Gasteiger partial charge in [-0.25, -0.2) is 0 Å². The average molecular weight is 273 g/mol. The Labute approximate surface area is 120 Å². The fraction of sp³-hybridized carbons (Fsp3) is 0.588. The summed E-state index contributed by atoms with van der Waals surface area (Å²) in [4.78, 5) is 12.1. The third-order valence-corrected chi connectivity index (χ3v) is 5.09. The Morgan fingerprint density at radius 1 is 1.25 bits per heavy atom. The van der Waals surface area contributed by atoms with Crippen molar-refractivity contribution in [3.63, 3.8) is 0 Å². The SMILES string of the molecule is Cc1ccc(C2(C(N)=O)CCCCC2)cc1C1COC1. The number of hydrogen-bond donors (Lipinski definition) is 1. The zero-order chi connectivity index (χ0) is 14.2. The van der Waals surface area contributed by atoms with Crippen LogP contribution in [0.15, 0.2) is 18.2 Å². The zero-order valence-corrected chi connectivity index (χ0v) is 12.2. The first kappa shape index (κ1) is 13.6. The molecule has 1 amide bonds. The van der Waals surface area contributed by atoms with Crippen molar-refractivity contribution in [1.29, 1.82) is 0 Å². The number of hydrogen-bond acceptors (Lipinski definition) is 2. The molecule has 3 rings (SSSR count). The Bertz CT molecular complexity index is 514. The minimum absolute atomic E-state index is 0.156. The van der Waals surface area contributed by atoms with Gasteiger partial charge in [-0.3, -0.25) is 4.79 Å². The third-order valence-electron chi connectivity index (χ3n) is 5.09. The fourth-order valence-corrected chi connectivity index (χ4v) is 3.63. The van der Waals surface area contributed by atoms with E-state index in [-0.39, 0.29) is 5.91 Å². The lowest BCUT2D eigenvalue weighted by Gasteiger charge is -2.36. The summed E-state index contributed by atoms with van der Waals surface area (Å²) in [5, 5.41) is 0. The average Bonchev–Trinajstić information content (AvgIpc) is 2.40. The van der Waals surface area contributed by atoms with Crippen LogP contribution in [-0.4, -0.2) is 19.1 Å². The van der Waals surface area contributed by atoms with Crippen LogP contribution >= 0.6 is 0 Å². The highest BCUT2D eigenvalue weighted by molar-refractivity contribution is 5.87. The molecule has 1 heterocycles. The maximum atomic E-state index is 12.1. The summed E-state index contributed by atoms with van der Waals surface area (Å²) in [5.41, 5.74) is 9.09. The van der Waals surface area contributed by atoms with Gasteiger partial charge in [-0.05, 0) is 36.5 Å². The topological polar surface area (TPSA) is 52.3 Å². The van der Waals surface area contributed by atoms with Crippen molar-refractivity contribution < 1.29 is 9.53 Å². The first-order chi connectivity index (χ1) is 9.63. The highest BCUT2D eigenvalue weighted by Gasteiger charge is 2.40. The van der Waals surface area contributed by atoms with Crippen LogP contribution in [0.5, 0.6) is 0 Å². The molecule has 1 aliphatic heterocycles. The van der Waals surface area contributed by atoms with Crippen molar-refractivity contribution in [2.45, 2.75) is 50.4 Å². The van der Waals surface area contributed by atoms with Gasteiger partial charge in [0.25, 0.3) is 0 Å². The van der Waals surface area contributed by atoms with Crippen LogP contribution < -0.4 is 5.73 Å². The summed E-state index contributed by atoms with van der Waals surface area (Å²) in [7, 11) is 0. The molecule has 2 fully saturated rings. The van der Waals surface area contributed by atoms with Gasteiger partial charge in [-0.2, -0.15) is 0 Å². The molecule has 20 heavy (non-hydrogen) atoms. The van der Waals surface area contributed by atoms with E-state index in [2.05, 4.69) is 25.1 Å². The lowest BCUT2D eigenvalue weighted by molar-refractivity contribution is -0.124. The summed E-state index contributed by atoms with van der Waals surface area (Å²) in [6.07, 6.45) is 5.19. The summed E-state index contributed by atoms with van der Waals surface area (Å²) < 4.78 is 5.31. The van der Waals surface area contributed by atoms with Gasteiger partial charge in [0.2, 0.25) is 5.91 Å². The lowest BCUT2D eigenvalue weighted by Crippen LogP contribution is -2.43. The number of amides is 1. The van der Waals surface area contributed by atoms with Crippen molar-refractivity contribution in [3.05, 3.63) is 34.9 Å². The monoisotopic (exact) mass is 273 g/mol. The van der Waals surface area contributed by atoms with E-state index in [0.29, 0.717) is 5.92 Å². The van der Waals surface area contributed by atoms with Gasteiger partial charge in [-0.1, -0.05) is 37.5 Å². The molecule has 1 aromatic rings. The highest BCUT2D eigenvalue weighted by atomic mass is 16.5. The molecule has 2 N–H and O–H groups in total. The van der Waals surface area contributed by atoms with Crippen LogP contribution in [0.3, 0.4) is 0 Å². The molecule has 0 aromatic heterocycles. The molecule has 1 aliphatic carbocycles. The Hall–Kier alpha value is -1.35. The zero-order valence-electron chi connectivity index (χ0n) is 12.2. The predicted molar refractivity (Wildman–Crippen MR) is 78.7 cm³/mol. The second-order valence-corrected chi connectivity index (χ2v) is 6.31. The van der Waals surface area contributed by atoms with Crippen LogP contribution in [0.2, 0.25) is 0 Å². The molecular formula is C17H23NO2. The highest BCUT2D eigenvalue weighted by Crippen LogP contribution is 2.41. The van der Waals surface area contributed by atoms with Crippen LogP contribution in [0, 0.1) is 6.92 Å². The molecule has 1 saturated carbocycles.